The summed E-state index contributed by atoms with van der Waals surface area (Å²) in [5.74, 6) is -0.497. The van der Waals surface area contributed by atoms with E-state index in [1.165, 1.54) is 263 Å². The molecule has 0 spiro atoms. The van der Waals surface area contributed by atoms with Gasteiger partial charge in [0.25, 0.3) is 0 Å². The van der Waals surface area contributed by atoms with Gasteiger partial charge in [-0.2, -0.15) is 0 Å². The molecule has 0 aromatic heterocycles. The maximum absolute atomic E-state index is 13.1. The number of hydrogen-bond donors (Lipinski definition) is 3. The van der Waals surface area contributed by atoms with Gasteiger partial charge in [0.1, 0.15) is 19.3 Å². The van der Waals surface area contributed by atoms with Crippen molar-refractivity contribution in [1.29, 1.82) is 0 Å². The van der Waals surface area contributed by atoms with E-state index >= 15 is 0 Å². The Bertz CT molecular complexity index is 1980. The average Bonchev–Trinajstić information content (AvgIpc) is 0.907. The minimum absolute atomic E-state index is 0.107. The molecule has 0 rings (SSSR count). The van der Waals surface area contributed by atoms with E-state index in [2.05, 4.69) is 41.5 Å². The highest BCUT2D eigenvalue weighted by Gasteiger charge is 2.30. The number of phosphoric ester groups is 2. The summed E-state index contributed by atoms with van der Waals surface area (Å²) in [6.07, 6.45) is 66.4. The molecule has 19 heteroatoms. The second-order valence-electron chi connectivity index (χ2n) is 30.9. The molecule has 0 radical (unpaired) electrons. The predicted octanol–water partition coefficient (Wildman–Crippen LogP) is 25.5. The Morgan fingerprint density at radius 3 is 0.738 bits per heavy atom. The first-order valence-corrected chi connectivity index (χ1v) is 46.5. The summed E-state index contributed by atoms with van der Waals surface area (Å²) in [7, 11) is -9.93. The molecule has 0 fully saturated rings. The summed E-state index contributed by atoms with van der Waals surface area (Å²) in [6, 6.07) is 0. The van der Waals surface area contributed by atoms with E-state index in [1.807, 2.05) is 0 Å². The van der Waals surface area contributed by atoms with Crippen LogP contribution in [0.15, 0.2) is 0 Å². The van der Waals surface area contributed by atoms with Gasteiger partial charge < -0.3 is 33.8 Å². The molecule has 0 saturated heterocycles. The van der Waals surface area contributed by atoms with E-state index in [9.17, 15) is 43.2 Å². The number of carbonyl (C=O) groups is 4. The van der Waals surface area contributed by atoms with Gasteiger partial charge in [0.2, 0.25) is 0 Å². The van der Waals surface area contributed by atoms with Crippen LogP contribution in [0.4, 0.5) is 0 Å². The van der Waals surface area contributed by atoms with E-state index < -0.39 is 97.5 Å². The van der Waals surface area contributed by atoms with Crippen LogP contribution in [0.25, 0.3) is 0 Å². The molecule has 0 saturated carbocycles. The first kappa shape index (κ1) is 101. The van der Waals surface area contributed by atoms with Gasteiger partial charge in [-0.15, -0.1) is 0 Å². The zero-order valence-electron chi connectivity index (χ0n) is 67.6. The molecule has 0 amide bonds. The molecule has 0 aliphatic rings. The van der Waals surface area contributed by atoms with Crippen LogP contribution >= 0.6 is 15.6 Å². The molecule has 0 aliphatic heterocycles. The summed E-state index contributed by atoms with van der Waals surface area (Å²) < 4.78 is 68.9. The maximum atomic E-state index is 13.1. The Kier molecular flexibility index (Phi) is 74.1. The highest BCUT2D eigenvalue weighted by molar-refractivity contribution is 7.47. The third kappa shape index (κ3) is 76.6. The number of carbonyl (C=O) groups excluding carboxylic acids is 4. The Balaban J connectivity index is 5.27. The molecular formula is C84H164O17P2. The Morgan fingerprint density at radius 1 is 0.282 bits per heavy atom. The second-order valence-corrected chi connectivity index (χ2v) is 33.8. The van der Waals surface area contributed by atoms with Crippen molar-refractivity contribution in [2.45, 2.75) is 464 Å². The van der Waals surface area contributed by atoms with Gasteiger partial charge in [0.15, 0.2) is 12.2 Å². The summed E-state index contributed by atoms with van der Waals surface area (Å²) in [6.45, 7) is 9.71. The Morgan fingerprint density at radius 2 is 0.495 bits per heavy atom. The van der Waals surface area contributed by atoms with E-state index in [-0.39, 0.29) is 25.7 Å². The first-order chi connectivity index (χ1) is 49.9. The summed E-state index contributed by atoms with van der Waals surface area (Å²) in [4.78, 5) is 73.2. The topological polar surface area (TPSA) is 237 Å². The monoisotopic (exact) mass is 1510 g/mol. The van der Waals surface area contributed by atoms with Crippen LogP contribution in [0.3, 0.4) is 0 Å². The zero-order chi connectivity index (χ0) is 75.6. The number of phosphoric acid groups is 2. The lowest BCUT2D eigenvalue weighted by Crippen LogP contribution is -2.30. The number of aliphatic hydroxyl groups excluding tert-OH is 1. The molecular weight excluding hydrogens is 1340 g/mol. The van der Waals surface area contributed by atoms with Crippen LogP contribution in [-0.4, -0.2) is 96.7 Å². The van der Waals surface area contributed by atoms with E-state index in [0.29, 0.717) is 25.7 Å². The number of aliphatic hydroxyl groups is 1. The van der Waals surface area contributed by atoms with Crippen molar-refractivity contribution in [2.75, 3.05) is 39.6 Å². The second kappa shape index (κ2) is 75.5. The quantitative estimate of drug-likeness (QED) is 0.0222. The van der Waals surface area contributed by atoms with Crippen molar-refractivity contribution >= 4 is 39.5 Å². The molecule has 103 heavy (non-hydrogen) atoms. The minimum Gasteiger partial charge on any atom is -0.462 e. The summed E-state index contributed by atoms with van der Waals surface area (Å²) in [5, 5.41) is 10.7. The predicted molar refractivity (Wildman–Crippen MR) is 423 cm³/mol. The van der Waals surface area contributed by atoms with Gasteiger partial charge in [-0.25, -0.2) is 9.13 Å². The largest absolute Gasteiger partial charge is 0.472 e. The fourth-order valence-electron chi connectivity index (χ4n) is 13.0. The summed E-state index contributed by atoms with van der Waals surface area (Å²) in [5.41, 5.74) is 0. The first-order valence-electron chi connectivity index (χ1n) is 43.5. The van der Waals surface area contributed by atoms with Crippen LogP contribution in [-0.2, 0) is 65.4 Å². The fourth-order valence-corrected chi connectivity index (χ4v) is 14.6. The zero-order valence-corrected chi connectivity index (χ0v) is 69.4. The number of esters is 4. The molecule has 0 aromatic rings. The lowest BCUT2D eigenvalue weighted by atomic mass is 9.99. The number of rotatable bonds is 83. The molecule has 3 unspecified atom stereocenters. The van der Waals surface area contributed by atoms with Crippen LogP contribution in [0.1, 0.15) is 446 Å². The van der Waals surface area contributed by atoms with Gasteiger partial charge in [-0.05, 0) is 37.5 Å². The number of unbranched alkanes of at least 4 members (excludes halogenated alkanes) is 52. The molecule has 0 aliphatic carbocycles. The van der Waals surface area contributed by atoms with Crippen LogP contribution in [0.2, 0.25) is 0 Å². The fraction of sp³-hybridized carbons (Fsp3) is 0.952. The third-order valence-electron chi connectivity index (χ3n) is 20.1. The van der Waals surface area contributed by atoms with Crippen LogP contribution in [0.5, 0.6) is 0 Å². The van der Waals surface area contributed by atoms with E-state index in [4.69, 9.17) is 37.0 Å². The number of ether oxygens (including phenoxy) is 4. The van der Waals surface area contributed by atoms with Crippen LogP contribution < -0.4 is 0 Å². The SMILES string of the molecule is CCCCCCCCCCCCCCCCCCCCC(=O)OC[C@H](COP(=O)(O)OC[C@@H](O)COP(=O)(O)OC[C@@H](COC(=O)CCCCCCCCCCCCCCC)OC(=O)CCCCCCCCCCCCC(C)CC)OC(=O)CCCCCCCCCCCCCCCCCC(C)C. The minimum atomic E-state index is -4.96. The molecule has 6 atom stereocenters. The van der Waals surface area contributed by atoms with Crippen molar-refractivity contribution in [3.05, 3.63) is 0 Å². The van der Waals surface area contributed by atoms with E-state index in [0.717, 1.165) is 102 Å². The van der Waals surface area contributed by atoms with Crippen LogP contribution in [0, 0.1) is 11.8 Å². The molecule has 0 heterocycles. The number of hydrogen-bond acceptors (Lipinski definition) is 15. The third-order valence-corrected chi connectivity index (χ3v) is 22.0. The molecule has 3 N–H and O–H groups in total. The average molecular weight is 1510 g/mol. The maximum Gasteiger partial charge on any atom is 0.472 e. The van der Waals surface area contributed by atoms with E-state index in [1.54, 1.807) is 0 Å². The molecule has 0 bridgehead atoms. The van der Waals surface area contributed by atoms with Crippen molar-refractivity contribution in [3.8, 4) is 0 Å². The smallest absolute Gasteiger partial charge is 0.462 e. The Hall–Kier alpha value is -1.94. The van der Waals surface area contributed by atoms with Gasteiger partial charge in [0, 0.05) is 25.7 Å². The van der Waals surface area contributed by atoms with Crippen molar-refractivity contribution in [1.82, 2.24) is 0 Å². The van der Waals surface area contributed by atoms with Gasteiger partial charge in [-0.1, -0.05) is 395 Å². The van der Waals surface area contributed by atoms with Crippen molar-refractivity contribution in [2.24, 2.45) is 11.8 Å². The van der Waals surface area contributed by atoms with Gasteiger partial charge in [-0.3, -0.25) is 37.3 Å². The van der Waals surface area contributed by atoms with Gasteiger partial charge >= 0.3 is 39.5 Å². The van der Waals surface area contributed by atoms with Crippen molar-refractivity contribution < 1.29 is 80.2 Å². The lowest BCUT2D eigenvalue weighted by molar-refractivity contribution is -0.161. The Labute approximate surface area is 632 Å². The molecule has 612 valence electrons. The lowest BCUT2D eigenvalue weighted by Gasteiger charge is -2.21. The summed E-state index contributed by atoms with van der Waals surface area (Å²) >= 11 is 0. The standard InChI is InChI=1S/C84H164O17P2/c1-7-10-12-14-16-18-20-22-23-24-25-28-32-36-43-49-55-61-67-82(87)95-72-79(100-83(88)68-62-56-50-44-37-33-29-26-27-31-34-40-46-52-58-64-76(4)5)74-98-102(90,91)96-70-78(85)71-97-103(92,93)99-75-80(73-94-81(86)66-60-54-48-42-35-30-21-19-17-15-13-11-8-2)101-84(89)69-63-57-51-45-39-38-41-47-53-59-65-77(6)9-3/h76-80,85H,7-75H2,1-6H3,(H,90,91)(H,92,93)/t77?,78-,79-,80-/m1/s1. The highest BCUT2D eigenvalue weighted by atomic mass is 31.2. The van der Waals surface area contributed by atoms with Crippen molar-refractivity contribution in [3.63, 3.8) is 0 Å². The van der Waals surface area contributed by atoms with Gasteiger partial charge in [0.05, 0.1) is 26.4 Å². The normalized spacial score (nSPS) is 14.1. The molecule has 0 aromatic carbocycles. The molecule has 17 nitrogen and oxygen atoms in total. The highest BCUT2D eigenvalue weighted by Crippen LogP contribution is 2.45.